The Morgan fingerprint density at radius 2 is 1.94 bits per heavy atom. The molecule has 0 bridgehead atoms. The highest BCUT2D eigenvalue weighted by molar-refractivity contribution is 5.53. The molecule has 2 aromatic rings. The highest BCUT2D eigenvalue weighted by Gasteiger charge is 2.07. The molecule has 1 heterocycles. The molecule has 84 valence electrons. The third-order valence-electron chi connectivity index (χ3n) is 2.54. The Kier molecular flexibility index (Phi) is 3.64. The molecule has 1 aromatic heterocycles. The number of nitrogens with zero attached hydrogens (tertiary/aromatic N) is 4. The first-order valence-corrected chi connectivity index (χ1v) is 5.73. The number of tetrazole rings is 1. The lowest BCUT2D eigenvalue weighted by Gasteiger charge is -2.03. The molecule has 0 aliphatic heterocycles. The van der Waals surface area contributed by atoms with E-state index in [-0.39, 0.29) is 0 Å². The van der Waals surface area contributed by atoms with Crippen molar-refractivity contribution in [2.24, 2.45) is 0 Å². The van der Waals surface area contributed by atoms with Crippen molar-refractivity contribution in [2.45, 2.75) is 32.7 Å². The third kappa shape index (κ3) is 2.45. The first-order valence-electron chi connectivity index (χ1n) is 5.73. The van der Waals surface area contributed by atoms with Crippen molar-refractivity contribution in [3.8, 4) is 11.4 Å². The predicted octanol–water partition coefficient (Wildman–Crippen LogP) is 2.53. The van der Waals surface area contributed by atoms with Crippen LogP contribution in [0.3, 0.4) is 0 Å². The van der Waals surface area contributed by atoms with Gasteiger partial charge in [0.1, 0.15) is 0 Å². The topological polar surface area (TPSA) is 43.6 Å². The van der Waals surface area contributed by atoms with Gasteiger partial charge < -0.3 is 0 Å². The second-order valence-corrected chi connectivity index (χ2v) is 3.80. The van der Waals surface area contributed by atoms with Crippen molar-refractivity contribution in [3.63, 3.8) is 0 Å². The Morgan fingerprint density at radius 1 is 1.12 bits per heavy atom. The molecule has 2 rings (SSSR count). The van der Waals surface area contributed by atoms with Gasteiger partial charge in [0.15, 0.2) is 5.82 Å². The average molecular weight is 216 g/mol. The van der Waals surface area contributed by atoms with Crippen molar-refractivity contribution in [1.29, 1.82) is 0 Å². The molecule has 0 amide bonds. The van der Waals surface area contributed by atoms with Gasteiger partial charge in [-0.25, -0.2) is 4.68 Å². The standard InChI is InChI=1S/C12H16N4/c1-2-3-7-10-16-12(13-14-15-16)11-8-5-4-6-9-11/h4-6,8-9H,2-3,7,10H2,1H3. The summed E-state index contributed by atoms with van der Waals surface area (Å²) in [6, 6.07) is 10.1. The molecular weight excluding hydrogens is 200 g/mol. The van der Waals surface area contributed by atoms with Crippen LogP contribution in [-0.2, 0) is 6.54 Å². The minimum atomic E-state index is 0.858. The van der Waals surface area contributed by atoms with Crippen LogP contribution in [0.4, 0.5) is 0 Å². The van der Waals surface area contributed by atoms with Crippen molar-refractivity contribution in [2.75, 3.05) is 0 Å². The first kappa shape index (κ1) is 10.8. The minimum absolute atomic E-state index is 0.858. The number of hydrogen-bond donors (Lipinski definition) is 0. The van der Waals surface area contributed by atoms with Crippen molar-refractivity contribution >= 4 is 0 Å². The van der Waals surface area contributed by atoms with E-state index in [1.54, 1.807) is 0 Å². The van der Waals surface area contributed by atoms with Crippen LogP contribution in [-0.4, -0.2) is 20.2 Å². The largest absolute Gasteiger partial charge is 0.225 e. The van der Waals surface area contributed by atoms with Gasteiger partial charge in [-0.15, -0.1) is 5.10 Å². The van der Waals surface area contributed by atoms with E-state index in [2.05, 4.69) is 22.4 Å². The zero-order chi connectivity index (χ0) is 11.2. The number of aryl methyl sites for hydroxylation is 1. The Morgan fingerprint density at radius 3 is 2.69 bits per heavy atom. The molecule has 0 N–H and O–H groups in total. The second kappa shape index (κ2) is 5.39. The molecule has 0 saturated heterocycles. The van der Waals surface area contributed by atoms with Crippen molar-refractivity contribution in [1.82, 2.24) is 20.2 Å². The van der Waals surface area contributed by atoms with E-state index >= 15 is 0 Å². The van der Waals surface area contributed by atoms with Gasteiger partial charge in [0.25, 0.3) is 0 Å². The zero-order valence-electron chi connectivity index (χ0n) is 9.50. The van der Waals surface area contributed by atoms with Gasteiger partial charge in [-0.05, 0) is 16.8 Å². The van der Waals surface area contributed by atoms with E-state index in [0.29, 0.717) is 0 Å². The van der Waals surface area contributed by atoms with Gasteiger partial charge in [-0.2, -0.15) is 0 Å². The number of aromatic nitrogens is 4. The molecule has 0 aliphatic rings. The van der Waals surface area contributed by atoms with Crippen LogP contribution in [0.25, 0.3) is 11.4 Å². The van der Waals surface area contributed by atoms with Crippen molar-refractivity contribution < 1.29 is 0 Å². The summed E-state index contributed by atoms with van der Waals surface area (Å²) in [4.78, 5) is 0. The number of hydrogen-bond acceptors (Lipinski definition) is 3. The predicted molar refractivity (Wildman–Crippen MR) is 62.8 cm³/mol. The van der Waals surface area contributed by atoms with Gasteiger partial charge in [0.05, 0.1) is 0 Å². The number of rotatable bonds is 5. The lowest BCUT2D eigenvalue weighted by Crippen LogP contribution is -2.02. The number of benzene rings is 1. The highest BCUT2D eigenvalue weighted by Crippen LogP contribution is 2.15. The minimum Gasteiger partial charge on any atom is -0.225 e. The lowest BCUT2D eigenvalue weighted by atomic mass is 10.2. The maximum absolute atomic E-state index is 4.07. The van der Waals surface area contributed by atoms with Crippen LogP contribution in [0.15, 0.2) is 30.3 Å². The van der Waals surface area contributed by atoms with Crippen LogP contribution < -0.4 is 0 Å². The van der Waals surface area contributed by atoms with E-state index < -0.39 is 0 Å². The summed E-state index contributed by atoms with van der Waals surface area (Å²) < 4.78 is 1.88. The van der Waals surface area contributed by atoms with E-state index in [1.165, 1.54) is 12.8 Å². The maximum Gasteiger partial charge on any atom is 0.182 e. The molecule has 16 heavy (non-hydrogen) atoms. The fraction of sp³-hybridized carbons (Fsp3) is 0.417. The summed E-state index contributed by atoms with van der Waals surface area (Å²) in [6.07, 6.45) is 3.55. The summed E-state index contributed by atoms with van der Waals surface area (Å²) in [5, 5.41) is 11.8. The monoisotopic (exact) mass is 216 g/mol. The van der Waals surface area contributed by atoms with Gasteiger partial charge in [0.2, 0.25) is 0 Å². The van der Waals surface area contributed by atoms with E-state index in [4.69, 9.17) is 0 Å². The van der Waals surface area contributed by atoms with E-state index in [0.717, 1.165) is 24.4 Å². The lowest BCUT2D eigenvalue weighted by molar-refractivity contribution is 0.541. The smallest absolute Gasteiger partial charge is 0.182 e. The first-order chi connectivity index (χ1) is 7.92. The van der Waals surface area contributed by atoms with Crippen LogP contribution in [0, 0.1) is 0 Å². The van der Waals surface area contributed by atoms with Crippen LogP contribution in [0.2, 0.25) is 0 Å². The van der Waals surface area contributed by atoms with Crippen LogP contribution in [0.5, 0.6) is 0 Å². The molecule has 0 saturated carbocycles. The molecular formula is C12H16N4. The Bertz CT molecular complexity index is 422. The normalized spacial score (nSPS) is 10.6. The van der Waals surface area contributed by atoms with Gasteiger partial charge in [-0.1, -0.05) is 50.1 Å². The summed E-state index contributed by atoms with van der Waals surface area (Å²) in [5.74, 6) is 0.858. The summed E-state index contributed by atoms with van der Waals surface area (Å²) in [5.41, 5.74) is 1.07. The molecule has 0 aliphatic carbocycles. The molecule has 0 spiro atoms. The van der Waals surface area contributed by atoms with Gasteiger partial charge in [0, 0.05) is 12.1 Å². The quantitative estimate of drug-likeness (QED) is 0.721. The fourth-order valence-corrected chi connectivity index (χ4v) is 1.66. The molecule has 4 nitrogen and oxygen atoms in total. The number of unbranched alkanes of at least 4 members (excludes halogenated alkanes) is 2. The van der Waals surface area contributed by atoms with Gasteiger partial charge >= 0.3 is 0 Å². The zero-order valence-corrected chi connectivity index (χ0v) is 9.50. The van der Waals surface area contributed by atoms with Crippen LogP contribution >= 0.6 is 0 Å². The summed E-state index contributed by atoms with van der Waals surface area (Å²) in [7, 11) is 0. The molecule has 0 fully saturated rings. The molecule has 0 atom stereocenters. The third-order valence-corrected chi connectivity index (χ3v) is 2.54. The Balaban J connectivity index is 2.13. The van der Waals surface area contributed by atoms with Gasteiger partial charge in [-0.3, -0.25) is 0 Å². The SMILES string of the molecule is CCCCCn1nnnc1-c1ccccc1. The second-order valence-electron chi connectivity index (χ2n) is 3.80. The Labute approximate surface area is 95.3 Å². The fourth-order valence-electron chi connectivity index (χ4n) is 1.66. The molecule has 0 radical (unpaired) electrons. The van der Waals surface area contributed by atoms with Crippen LogP contribution in [0.1, 0.15) is 26.2 Å². The maximum atomic E-state index is 4.07. The van der Waals surface area contributed by atoms with E-state index in [9.17, 15) is 0 Å². The molecule has 1 aromatic carbocycles. The molecule has 4 heteroatoms. The highest BCUT2D eigenvalue weighted by atomic mass is 15.5. The van der Waals surface area contributed by atoms with E-state index in [1.807, 2.05) is 35.0 Å². The van der Waals surface area contributed by atoms with Crippen molar-refractivity contribution in [3.05, 3.63) is 30.3 Å². The summed E-state index contributed by atoms with van der Waals surface area (Å²) in [6.45, 7) is 3.09. The molecule has 0 unspecified atom stereocenters. The summed E-state index contributed by atoms with van der Waals surface area (Å²) >= 11 is 0. The Hall–Kier alpha value is -1.71. The average Bonchev–Trinajstić information content (AvgIpc) is 2.79.